The maximum absolute atomic E-state index is 15.0. The summed E-state index contributed by atoms with van der Waals surface area (Å²) in [6, 6.07) is 9.24. The van der Waals surface area contributed by atoms with Crippen molar-refractivity contribution in [1.29, 1.82) is 0 Å². The minimum Gasteiger partial charge on any atom is -0.480 e. The minimum absolute atomic E-state index is 0.173. The van der Waals surface area contributed by atoms with E-state index in [-0.39, 0.29) is 19.4 Å². The number of aliphatic hydroxyl groups is 1. The number of carbonyl (C=O) groups is 1. The second-order valence-corrected chi connectivity index (χ2v) is 8.33. The van der Waals surface area contributed by atoms with E-state index >= 15 is 4.39 Å². The van der Waals surface area contributed by atoms with Crippen LogP contribution >= 0.6 is 0 Å². The van der Waals surface area contributed by atoms with Crippen LogP contribution in [-0.2, 0) is 15.1 Å². The largest absolute Gasteiger partial charge is 0.480 e. The van der Waals surface area contributed by atoms with Gasteiger partial charge in [-0.2, -0.15) is 0 Å². The zero-order valence-electron chi connectivity index (χ0n) is 19.2. The molecule has 0 spiro atoms. The predicted molar refractivity (Wildman–Crippen MR) is 128 cm³/mol. The molecule has 3 rings (SSSR count). The highest BCUT2D eigenvalue weighted by Crippen LogP contribution is 2.36. The number of piperidine rings is 1. The van der Waals surface area contributed by atoms with Gasteiger partial charge in [0.1, 0.15) is 23.8 Å². The number of aliphatic carboxylic acids is 1. The number of rotatable bonds is 10. The number of hydrogen-bond donors (Lipinski definition) is 2. The first-order chi connectivity index (χ1) is 16.3. The molecule has 1 saturated heterocycles. The molecule has 8 heteroatoms. The molecule has 1 atom stereocenters. The summed E-state index contributed by atoms with van der Waals surface area (Å²) in [5, 5.41) is 20.6. The van der Waals surface area contributed by atoms with Crippen molar-refractivity contribution in [1.82, 2.24) is 9.97 Å². The fraction of sp³-hybridized carbons (Fsp3) is 0.346. The lowest BCUT2D eigenvalue weighted by molar-refractivity contribution is -0.144. The zero-order valence-corrected chi connectivity index (χ0v) is 19.2. The first-order valence-electron chi connectivity index (χ1n) is 11.1. The Bertz CT molecular complexity index is 1050. The molecule has 0 radical (unpaired) electrons. The number of ether oxygens (including phenoxy) is 1. The third-order valence-electron chi connectivity index (χ3n) is 5.92. The Balaban J connectivity index is 1.85. The van der Waals surface area contributed by atoms with Gasteiger partial charge in [0.15, 0.2) is 5.60 Å². The highest BCUT2D eigenvalue weighted by molar-refractivity contribution is 5.68. The van der Waals surface area contributed by atoms with E-state index in [9.17, 15) is 9.90 Å². The summed E-state index contributed by atoms with van der Waals surface area (Å²) in [7, 11) is 0. The summed E-state index contributed by atoms with van der Waals surface area (Å²) >= 11 is 0. The number of carboxylic acid groups (broad SMARTS) is 1. The summed E-state index contributed by atoms with van der Waals surface area (Å²) < 4.78 is 20.0. The summed E-state index contributed by atoms with van der Waals surface area (Å²) in [5.41, 5.74) is -1.43. The van der Waals surface area contributed by atoms with E-state index in [0.717, 1.165) is 0 Å². The van der Waals surface area contributed by atoms with E-state index < -0.39 is 23.8 Å². The number of anilines is 1. The van der Waals surface area contributed by atoms with Crippen LogP contribution in [0.25, 0.3) is 0 Å². The molecule has 34 heavy (non-hydrogen) atoms. The molecule has 1 aromatic heterocycles. The zero-order chi connectivity index (χ0) is 24.6. The Labute approximate surface area is 198 Å². The number of nitrogens with zero attached hydrogens (tertiary/aromatic N) is 3. The lowest BCUT2D eigenvalue weighted by atomic mass is 9.83. The van der Waals surface area contributed by atoms with Crippen molar-refractivity contribution in [3.8, 4) is 0 Å². The minimum atomic E-state index is -1.58. The van der Waals surface area contributed by atoms with Gasteiger partial charge in [-0.15, -0.1) is 0 Å². The average molecular weight is 468 g/mol. The number of carboxylic acids is 1. The first-order valence-corrected chi connectivity index (χ1v) is 11.1. The van der Waals surface area contributed by atoms with E-state index in [1.165, 1.54) is 6.20 Å². The van der Waals surface area contributed by atoms with Crippen molar-refractivity contribution >= 4 is 11.8 Å². The number of hydrogen-bond acceptors (Lipinski definition) is 6. The fourth-order valence-corrected chi connectivity index (χ4v) is 3.94. The van der Waals surface area contributed by atoms with Crippen LogP contribution in [0.5, 0.6) is 0 Å². The fourth-order valence-electron chi connectivity index (χ4n) is 3.94. The molecule has 2 N–H and O–H groups in total. The third kappa shape index (κ3) is 5.95. The molecule has 0 saturated carbocycles. The maximum atomic E-state index is 15.0. The molecule has 1 fully saturated rings. The molecule has 1 aromatic carbocycles. The summed E-state index contributed by atoms with van der Waals surface area (Å²) in [6.07, 6.45) is 10.5. The van der Waals surface area contributed by atoms with Gasteiger partial charge in [-0.05, 0) is 18.1 Å². The summed E-state index contributed by atoms with van der Waals surface area (Å²) in [4.78, 5) is 21.6. The molecule has 2 aromatic rings. The van der Waals surface area contributed by atoms with Gasteiger partial charge in [-0.1, -0.05) is 61.2 Å². The Morgan fingerprint density at radius 1 is 1.26 bits per heavy atom. The van der Waals surface area contributed by atoms with Crippen molar-refractivity contribution in [2.45, 2.75) is 31.0 Å². The van der Waals surface area contributed by atoms with Gasteiger partial charge in [0.05, 0.1) is 19.0 Å². The normalized spacial score (nSPS) is 18.0. The topological polar surface area (TPSA) is 95.8 Å². The molecule has 0 bridgehead atoms. The average Bonchev–Trinajstić information content (AvgIpc) is 2.84. The Morgan fingerprint density at radius 3 is 2.62 bits per heavy atom. The van der Waals surface area contributed by atoms with Crippen molar-refractivity contribution < 1.29 is 24.1 Å². The lowest BCUT2D eigenvalue weighted by Crippen LogP contribution is -2.45. The van der Waals surface area contributed by atoms with E-state index in [1.54, 1.807) is 30.5 Å². The Kier molecular flexibility index (Phi) is 8.31. The number of alkyl halides is 1. The first kappa shape index (κ1) is 25.3. The molecular formula is C26H30FN3O4. The third-order valence-corrected chi connectivity index (χ3v) is 5.92. The van der Waals surface area contributed by atoms with Gasteiger partial charge < -0.3 is 19.8 Å². The van der Waals surface area contributed by atoms with Gasteiger partial charge in [0.2, 0.25) is 0 Å². The van der Waals surface area contributed by atoms with Gasteiger partial charge in [0.25, 0.3) is 0 Å². The van der Waals surface area contributed by atoms with Crippen molar-refractivity contribution in [3.05, 3.63) is 90.4 Å². The molecule has 0 aliphatic carbocycles. The van der Waals surface area contributed by atoms with Crippen LogP contribution in [0.15, 0.2) is 79.2 Å². The molecule has 7 nitrogen and oxygen atoms in total. The van der Waals surface area contributed by atoms with Gasteiger partial charge in [0, 0.05) is 25.9 Å². The van der Waals surface area contributed by atoms with E-state index in [0.29, 0.717) is 35.7 Å². The number of halogens is 1. The number of allylic oxidation sites excluding steroid dienone is 4. The molecule has 1 aliphatic rings. The summed E-state index contributed by atoms with van der Waals surface area (Å²) in [6.45, 7) is 5.45. The molecule has 1 unspecified atom stereocenters. The van der Waals surface area contributed by atoms with Gasteiger partial charge in [-0.25, -0.2) is 14.2 Å². The van der Waals surface area contributed by atoms with Crippen LogP contribution in [0.4, 0.5) is 10.2 Å². The monoisotopic (exact) mass is 467 g/mol. The van der Waals surface area contributed by atoms with Crippen LogP contribution < -0.4 is 4.90 Å². The van der Waals surface area contributed by atoms with E-state index in [2.05, 4.69) is 11.6 Å². The molecule has 180 valence electrons. The van der Waals surface area contributed by atoms with Crippen LogP contribution in [0.3, 0.4) is 0 Å². The lowest BCUT2D eigenvalue weighted by Gasteiger charge is -2.37. The highest BCUT2D eigenvalue weighted by Gasteiger charge is 2.38. The predicted octanol–water partition coefficient (Wildman–Crippen LogP) is 3.81. The van der Waals surface area contributed by atoms with Crippen LogP contribution in [0.1, 0.15) is 31.0 Å². The number of benzene rings is 1. The quantitative estimate of drug-likeness (QED) is 0.513. The van der Waals surface area contributed by atoms with Crippen LogP contribution in [0.2, 0.25) is 0 Å². The maximum Gasteiger partial charge on any atom is 0.329 e. The smallest absolute Gasteiger partial charge is 0.329 e. The molecule has 0 amide bonds. The Hall–Kier alpha value is -3.36. The second kappa shape index (κ2) is 11.2. The van der Waals surface area contributed by atoms with E-state index in [4.69, 9.17) is 14.8 Å². The van der Waals surface area contributed by atoms with Crippen molar-refractivity contribution in [2.24, 2.45) is 0 Å². The Morgan fingerprint density at radius 2 is 1.97 bits per heavy atom. The van der Waals surface area contributed by atoms with E-state index in [1.807, 2.05) is 42.2 Å². The van der Waals surface area contributed by atoms with Crippen LogP contribution in [-0.4, -0.2) is 58.1 Å². The SMILES string of the molecule is C=C/C=C\C=C(/C)C(O)(c1ccccc1)c1cncc(N2CCC(F)(COCC(=O)O)CC2)n1. The second-order valence-electron chi connectivity index (χ2n) is 8.33. The van der Waals surface area contributed by atoms with Gasteiger partial charge in [-0.3, -0.25) is 4.98 Å². The highest BCUT2D eigenvalue weighted by atomic mass is 19.1. The van der Waals surface area contributed by atoms with Crippen molar-refractivity contribution in [2.75, 3.05) is 31.2 Å². The number of aromatic nitrogens is 2. The molecule has 2 heterocycles. The molecular weight excluding hydrogens is 437 g/mol. The summed E-state index contributed by atoms with van der Waals surface area (Å²) in [5.74, 6) is -0.585. The standard InChI is InChI=1S/C26H30FN3O4/c1-3-4-6-9-20(2)26(33,21-10-7-5-8-11-21)22-16-28-17-23(29-22)30-14-12-25(27,13-15-30)19-34-18-24(31)32/h3-11,16-17,33H,1,12-15,18-19H2,2H3,(H,31,32)/b6-4-,20-9+. The van der Waals surface area contributed by atoms with Crippen molar-refractivity contribution in [3.63, 3.8) is 0 Å². The van der Waals surface area contributed by atoms with Gasteiger partial charge >= 0.3 is 5.97 Å². The van der Waals surface area contributed by atoms with Crippen LogP contribution in [0, 0.1) is 0 Å². The molecule has 1 aliphatic heterocycles.